The third kappa shape index (κ3) is 2.82. The second kappa shape index (κ2) is 5.99. The van der Waals surface area contributed by atoms with Crippen molar-refractivity contribution in [3.05, 3.63) is 62.0 Å². The maximum atomic E-state index is 6.10. The van der Waals surface area contributed by atoms with E-state index in [9.17, 15) is 0 Å². The third-order valence-electron chi connectivity index (χ3n) is 3.42. The zero-order valence-corrected chi connectivity index (χ0v) is 14.9. The van der Waals surface area contributed by atoms with Crippen LogP contribution in [0.4, 0.5) is 5.69 Å². The Morgan fingerprint density at radius 1 is 1.14 bits per heavy atom. The van der Waals surface area contributed by atoms with Gasteiger partial charge in [0, 0.05) is 14.0 Å². The number of benzene rings is 2. The molecule has 2 N–H and O–H groups in total. The lowest BCUT2D eigenvalue weighted by atomic mass is 10.1. The normalized spacial score (nSPS) is 18.0. The van der Waals surface area contributed by atoms with Crippen molar-refractivity contribution in [1.29, 1.82) is 0 Å². The average molecular weight is 430 g/mol. The average Bonchev–Trinajstić information content (AvgIpc) is 2.81. The number of nitrogens with zero attached hydrogens (tertiary/aromatic N) is 2. The number of aliphatic imine (C=N–C) groups is 1. The van der Waals surface area contributed by atoms with Gasteiger partial charge in [0.25, 0.3) is 0 Å². The molecule has 0 fully saturated rings. The molecule has 0 bridgehead atoms. The maximum Gasteiger partial charge on any atom is 0.196 e. The molecule has 0 aromatic heterocycles. The third-order valence-corrected chi connectivity index (χ3v) is 5.01. The molecule has 1 heterocycles. The Bertz CT molecular complexity index is 718. The number of nitrogens with two attached hydrogens (primary N) is 1. The summed E-state index contributed by atoms with van der Waals surface area (Å²) in [5, 5.41) is 0.699. The summed E-state index contributed by atoms with van der Waals surface area (Å²) < 4.78 is 1.95. The molecule has 21 heavy (non-hydrogen) atoms. The molecule has 2 aromatic rings. The second-order valence-corrected chi connectivity index (χ2v) is 6.85. The Morgan fingerprint density at radius 2 is 1.90 bits per heavy atom. The quantitative estimate of drug-likeness (QED) is 0.749. The van der Waals surface area contributed by atoms with Gasteiger partial charge in [0.05, 0.1) is 18.3 Å². The molecular formula is C15H12Br2ClN3. The minimum Gasteiger partial charge on any atom is -0.369 e. The van der Waals surface area contributed by atoms with Gasteiger partial charge >= 0.3 is 0 Å². The molecule has 3 nitrogen and oxygen atoms in total. The highest BCUT2D eigenvalue weighted by Gasteiger charge is 2.31. The Balaban J connectivity index is 2.05. The maximum absolute atomic E-state index is 6.10. The highest BCUT2D eigenvalue weighted by Crippen LogP contribution is 2.38. The molecule has 0 amide bonds. The molecular weight excluding hydrogens is 417 g/mol. The molecule has 1 atom stereocenters. The summed E-state index contributed by atoms with van der Waals surface area (Å²) >= 11 is 13.2. The van der Waals surface area contributed by atoms with E-state index in [0.29, 0.717) is 17.5 Å². The van der Waals surface area contributed by atoms with E-state index >= 15 is 0 Å². The van der Waals surface area contributed by atoms with Gasteiger partial charge in [0.15, 0.2) is 5.96 Å². The van der Waals surface area contributed by atoms with E-state index in [1.165, 1.54) is 0 Å². The van der Waals surface area contributed by atoms with Gasteiger partial charge in [-0.1, -0.05) is 45.7 Å². The number of para-hydroxylation sites is 1. The second-order valence-electron chi connectivity index (χ2n) is 4.70. The van der Waals surface area contributed by atoms with Crippen molar-refractivity contribution in [1.82, 2.24) is 0 Å². The topological polar surface area (TPSA) is 41.6 Å². The molecule has 0 aliphatic carbocycles. The van der Waals surface area contributed by atoms with Crippen LogP contribution in [0.15, 0.2) is 56.4 Å². The molecule has 2 aromatic carbocycles. The van der Waals surface area contributed by atoms with E-state index in [-0.39, 0.29) is 6.04 Å². The fourth-order valence-electron chi connectivity index (χ4n) is 2.45. The van der Waals surface area contributed by atoms with Crippen LogP contribution in [-0.4, -0.2) is 12.5 Å². The highest BCUT2D eigenvalue weighted by molar-refractivity contribution is 9.11. The van der Waals surface area contributed by atoms with Gasteiger partial charge in [-0.05, 0) is 45.8 Å². The van der Waals surface area contributed by atoms with Gasteiger partial charge < -0.3 is 10.6 Å². The summed E-state index contributed by atoms with van der Waals surface area (Å²) in [4.78, 5) is 6.44. The van der Waals surface area contributed by atoms with Crippen LogP contribution in [0.25, 0.3) is 0 Å². The van der Waals surface area contributed by atoms with E-state index in [1.807, 2.05) is 47.4 Å². The van der Waals surface area contributed by atoms with Crippen LogP contribution in [-0.2, 0) is 0 Å². The van der Waals surface area contributed by atoms with Crippen LogP contribution in [0.2, 0.25) is 5.02 Å². The van der Waals surface area contributed by atoms with Crippen LogP contribution in [0.5, 0.6) is 0 Å². The summed E-state index contributed by atoms with van der Waals surface area (Å²) in [7, 11) is 0. The van der Waals surface area contributed by atoms with Crippen molar-refractivity contribution in [2.75, 3.05) is 11.4 Å². The van der Waals surface area contributed by atoms with E-state index in [0.717, 1.165) is 20.2 Å². The molecule has 0 saturated carbocycles. The first-order chi connectivity index (χ1) is 10.1. The number of rotatable bonds is 2. The molecule has 0 radical (unpaired) electrons. The minimum absolute atomic E-state index is 0.0512. The SMILES string of the molecule is NC1=NCC(c2ccc(Cl)cc2Br)N1c1ccccc1Br. The Morgan fingerprint density at radius 3 is 2.62 bits per heavy atom. The molecule has 1 unspecified atom stereocenters. The number of guanidine groups is 1. The molecule has 1 aliphatic heterocycles. The monoisotopic (exact) mass is 427 g/mol. The number of hydrogen-bond donors (Lipinski definition) is 1. The first kappa shape index (κ1) is 14.9. The number of anilines is 1. The predicted octanol–water partition coefficient (Wildman–Crippen LogP) is 4.74. The van der Waals surface area contributed by atoms with E-state index < -0.39 is 0 Å². The van der Waals surface area contributed by atoms with Gasteiger partial charge in [-0.25, -0.2) is 0 Å². The van der Waals surface area contributed by atoms with E-state index in [1.54, 1.807) is 0 Å². The van der Waals surface area contributed by atoms with Gasteiger partial charge in [-0.15, -0.1) is 0 Å². The number of hydrogen-bond acceptors (Lipinski definition) is 3. The standard InChI is InChI=1S/C15H12Br2ClN3/c16-11-3-1-2-4-13(11)21-14(8-20-15(21)19)10-6-5-9(18)7-12(10)17/h1-7,14H,8H2,(H2,19,20). The van der Waals surface area contributed by atoms with Gasteiger partial charge in [-0.2, -0.15) is 0 Å². The zero-order valence-electron chi connectivity index (χ0n) is 10.9. The first-order valence-electron chi connectivity index (χ1n) is 6.36. The predicted molar refractivity (Wildman–Crippen MR) is 95.0 cm³/mol. The fourth-order valence-corrected chi connectivity index (χ4v) is 3.87. The summed E-state index contributed by atoms with van der Waals surface area (Å²) in [5.74, 6) is 0.522. The molecule has 0 spiro atoms. The van der Waals surface area contributed by atoms with E-state index in [2.05, 4.69) is 36.9 Å². The molecule has 3 rings (SSSR count). The van der Waals surface area contributed by atoms with Crippen LogP contribution < -0.4 is 10.6 Å². The van der Waals surface area contributed by atoms with Crippen LogP contribution >= 0.6 is 43.5 Å². The highest BCUT2D eigenvalue weighted by atomic mass is 79.9. The summed E-state index contributed by atoms with van der Waals surface area (Å²) in [6.07, 6.45) is 0. The Labute approximate surface area is 145 Å². The van der Waals surface area contributed by atoms with E-state index in [4.69, 9.17) is 17.3 Å². The lowest BCUT2D eigenvalue weighted by Gasteiger charge is -2.28. The van der Waals surface area contributed by atoms with Crippen molar-refractivity contribution >= 4 is 55.1 Å². The fraction of sp³-hybridized carbons (Fsp3) is 0.133. The Kier molecular flexibility index (Phi) is 4.24. The van der Waals surface area contributed by atoms with Crippen molar-refractivity contribution in [2.24, 2.45) is 10.7 Å². The molecule has 6 heteroatoms. The van der Waals surface area contributed by atoms with Crippen LogP contribution in [0.1, 0.15) is 11.6 Å². The minimum atomic E-state index is 0.0512. The van der Waals surface area contributed by atoms with Crippen molar-refractivity contribution < 1.29 is 0 Å². The smallest absolute Gasteiger partial charge is 0.196 e. The summed E-state index contributed by atoms with van der Waals surface area (Å²) in [6.45, 7) is 0.618. The van der Waals surface area contributed by atoms with Crippen molar-refractivity contribution in [2.45, 2.75) is 6.04 Å². The van der Waals surface area contributed by atoms with Gasteiger partial charge in [0.1, 0.15) is 0 Å². The molecule has 0 saturated heterocycles. The van der Waals surface area contributed by atoms with Crippen molar-refractivity contribution in [3.63, 3.8) is 0 Å². The zero-order chi connectivity index (χ0) is 15.0. The number of halogens is 3. The van der Waals surface area contributed by atoms with Crippen LogP contribution in [0.3, 0.4) is 0 Å². The lowest BCUT2D eigenvalue weighted by Crippen LogP contribution is -2.36. The first-order valence-corrected chi connectivity index (χ1v) is 8.33. The largest absolute Gasteiger partial charge is 0.369 e. The van der Waals surface area contributed by atoms with Gasteiger partial charge in [-0.3, -0.25) is 4.99 Å². The molecule has 1 aliphatic rings. The van der Waals surface area contributed by atoms with Crippen LogP contribution in [0, 0.1) is 0 Å². The van der Waals surface area contributed by atoms with Crippen molar-refractivity contribution in [3.8, 4) is 0 Å². The summed E-state index contributed by atoms with van der Waals surface area (Å²) in [5.41, 5.74) is 8.21. The Hall–Kier alpha value is -1.04. The lowest BCUT2D eigenvalue weighted by molar-refractivity contribution is 0.764. The molecule has 108 valence electrons. The summed E-state index contributed by atoms with van der Waals surface area (Å²) in [6, 6.07) is 13.8. The van der Waals surface area contributed by atoms with Gasteiger partial charge in [0.2, 0.25) is 0 Å².